The molecule has 1 aromatic carbocycles. The van der Waals surface area contributed by atoms with Gasteiger partial charge in [0.25, 0.3) is 0 Å². The molecule has 0 unspecified atom stereocenters. The first-order chi connectivity index (χ1) is 11.9. The maximum absolute atomic E-state index is 12.6. The third kappa shape index (κ3) is 6.93. The Bertz CT molecular complexity index is 718. The van der Waals surface area contributed by atoms with E-state index in [1.807, 2.05) is 0 Å². The molecule has 1 aliphatic carbocycles. The van der Waals surface area contributed by atoms with Crippen LogP contribution in [0.4, 0.5) is 5.69 Å². The summed E-state index contributed by atoms with van der Waals surface area (Å²) in [6.07, 6.45) is 4.51. The lowest BCUT2D eigenvalue weighted by Gasteiger charge is -2.21. The maximum atomic E-state index is 12.6. The minimum atomic E-state index is -3.19. The van der Waals surface area contributed by atoms with Gasteiger partial charge in [-0.15, -0.1) is 12.4 Å². The number of hydrogen-bond acceptors (Lipinski definition) is 5. The number of carbonyl (C=O) groups is 2. The highest BCUT2D eigenvalue weighted by Crippen LogP contribution is 2.26. The van der Waals surface area contributed by atoms with E-state index in [4.69, 9.17) is 5.73 Å². The van der Waals surface area contributed by atoms with Crippen LogP contribution in [0.15, 0.2) is 24.3 Å². The first kappa shape index (κ1) is 22.4. The van der Waals surface area contributed by atoms with Crippen molar-refractivity contribution in [3.8, 4) is 0 Å². The lowest BCUT2D eigenvalue weighted by molar-refractivity contribution is -0.123. The van der Waals surface area contributed by atoms with Crippen molar-refractivity contribution in [2.24, 2.45) is 5.73 Å². The molecule has 0 radical (unpaired) electrons. The van der Waals surface area contributed by atoms with Crippen LogP contribution in [0.2, 0.25) is 0 Å². The zero-order chi connectivity index (χ0) is 18.3. The van der Waals surface area contributed by atoms with Gasteiger partial charge in [0, 0.05) is 5.69 Å². The number of rotatable bonds is 7. The van der Waals surface area contributed by atoms with Crippen LogP contribution in [0.5, 0.6) is 0 Å². The Balaban J connectivity index is 0.00000338. The van der Waals surface area contributed by atoms with E-state index in [9.17, 15) is 18.0 Å². The molecule has 0 atom stereocenters. The van der Waals surface area contributed by atoms with E-state index in [-0.39, 0.29) is 36.5 Å². The summed E-state index contributed by atoms with van der Waals surface area (Å²) in [6, 6.07) is 6.79. The lowest BCUT2D eigenvalue weighted by Crippen LogP contribution is -2.36. The van der Waals surface area contributed by atoms with Crippen LogP contribution in [0, 0.1) is 0 Å². The molecule has 1 saturated carbocycles. The number of sulfone groups is 1. The van der Waals surface area contributed by atoms with E-state index in [0.717, 1.165) is 32.1 Å². The molecule has 0 heterocycles. The van der Waals surface area contributed by atoms with Crippen molar-refractivity contribution >= 4 is 39.7 Å². The minimum absolute atomic E-state index is 0. The van der Waals surface area contributed by atoms with Crippen molar-refractivity contribution in [1.82, 2.24) is 5.32 Å². The molecule has 9 heteroatoms. The van der Waals surface area contributed by atoms with Gasteiger partial charge >= 0.3 is 0 Å². The average molecular weight is 404 g/mol. The molecule has 1 aliphatic rings. The molecular formula is C17H26ClN3O4S. The third-order valence-corrected chi connectivity index (χ3v) is 6.49. The largest absolute Gasteiger partial charge is 0.346 e. The second-order valence-electron chi connectivity index (χ2n) is 6.30. The molecule has 1 aromatic rings. The highest BCUT2D eigenvalue weighted by Gasteiger charge is 2.27. The van der Waals surface area contributed by atoms with E-state index in [1.54, 1.807) is 24.3 Å². The fourth-order valence-electron chi connectivity index (χ4n) is 2.97. The van der Waals surface area contributed by atoms with Crippen LogP contribution in [-0.2, 0) is 25.2 Å². The highest BCUT2D eigenvalue weighted by atomic mass is 35.5. The molecule has 7 nitrogen and oxygen atoms in total. The number of nitrogens with one attached hydrogen (secondary N) is 2. The molecule has 1 fully saturated rings. The zero-order valence-electron chi connectivity index (χ0n) is 14.6. The van der Waals surface area contributed by atoms with E-state index in [2.05, 4.69) is 10.6 Å². The van der Waals surface area contributed by atoms with Crippen molar-refractivity contribution < 1.29 is 18.0 Å². The summed E-state index contributed by atoms with van der Waals surface area (Å²) in [5, 5.41) is 4.76. The summed E-state index contributed by atoms with van der Waals surface area (Å²) >= 11 is 0. The summed E-state index contributed by atoms with van der Waals surface area (Å²) in [6.45, 7) is -0.359. The summed E-state index contributed by atoms with van der Waals surface area (Å²) < 4.78 is 25.1. The van der Waals surface area contributed by atoms with Gasteiger partial charge < -0.3 is 16.4 Å². The van der Waals surface area contributed by atoms with Gasteiger partial charge in [0.05, 0.1) is 24.1 Å². The number of anilines is 1. The highest BCUT2D eigenvalue weighted by molar-refractivity contribution is 7.91. The molecule has 0 aromatic heterocycles. The number of halogens is 1. The molecule has 0 aliphatic heterocycles. The third-order valence-electron chi connectivity index (χ3n) is 4.27. The second-order valence-corrected chi connectivity index (χ2v) is 8.58. The van der Waals surface area contributed by atoms with Gasteiger partial charge in [-0.2, -0.15) is 0 Å². The molecule has 0 bridgehead atoms. The normalized spacial score (nSPS) is 15.0. The Morgan fingerprint density at radius 3 is 2.46 bits per heavy atom. The lowest BCUT2D eigenvalue weighted by atomic mass is 10.0. The van der Waals surface area contributed by atoms with Crippen molar-refractivity contribution in [3.05, 3.63) is 29.8 Å². The van der Waals surface area contributed by atoms with Crippen LogP contribution in [0.3, 0.4) is 0 Å². The van der Waals surface area contributed by atoms with E-state index >= 15 is 0 Å². The first-order valence-corrected chi connectivity index (χ1v) is 10.2. The van der Waals surface area contributed by atoms with E-state index in [0.29, 0.717) is 11.3 Å². The van der Waals surface area contributed by atoms with Crippen LogP contribution in [-0.4, -0.2) is 38.6 Å². The van der Waals surface area contributed by atoms with Crippen LogP contribution in [0.25, 0.3) is 0 Å². The fourth-order valence-corrected chi connectivity index (χ4v) is 4.90. The molecule has 4 N–H and O–H groups in total. The first-order valence-electron chi connectivity index (χ1n) is 8.48. The van der Waals surface area contributed by atoms with Crippen molar-refractivity contribution in [2.75, 3.05) is 18.4 Å². The quantitative estimate of drug-likeness (QED) is 0.635. The molecule has 0 spiro atoms. The minimum Gasteiger partial charge on any atom is -0.346 e. The van der Waals surface area contributed by atoms with Gasteiger partial charge in [-0.05, 0) is 30.5 Å². The Morgan fingerprint density at radius 2 is 1.81 bits per heavy atom. The summed E-state index contributed by atoms with van der Waals surface area (Å²) in [5.74, 6) is -0.831. The molecular weight excluding hydrogens is 378 g/mol. The van der Waals surface area contributed by atoms with E-state index in [1.165, 1.54) is 0 Å². The van der Waals surface area contributed by atoms with Gasteiger partial charge in [0.15, 0.2) is 9.84 Å². The molecule has 2 rings (SSSR count). The predicted octanol–water partition coefficient (Wildman–Crippen LogP) is 1.37. The monoisotopic (exact) mass is 403 g/mol. The smallest absolute Gasteiger partial charge is 0.243 e. The second kappa shape index (κ2) is 10.5. The van der Waals surface area contributed by atoms with Gasteiger partial charge in [-0.1, -0.05) is 31.4 Å². The van der Waals surface area contributed by atoms with Gasteiger partial charge in [0.1, 0.15) is 0 Å². The number of nitrogens with two attached hydrogens (primary N) is 1. The van der Waals surface area contributed by atoms with Gasteiger partial charge in [-0.3, -0.25) is 9.59 Å². The number of amides is 2. The molecule has 146 valence electrons. The standard InChI is InChI=1S/C17H25N3O4S.ClH/c18-10-16(21)19-11-17(22)20-14-6-4-5-13(9-14)12-25(23,24)15-7-2-1-3-8-15;/h4-6,9,15H,1-3,7-8,10-12,18H2,(H,19,21)(H,20,22);1H. The van der Waals surface area contributed by atoms with Crippen molar-refractivity contribution in [1.29, 1.82) is 0 Å². The van der Waals surface area contributed by atoms with Crippen LogP contribution >= 0.6 is 12.4 Å². The molecule has 2 amide bonds. The zero-order valence-corrected chi connectivity index (χ0v) is 16.2. The Labute approximate surface area is 160 Å². The maximum Gasteiger partial charge on any atom is 0.243 e. The van der Waals surface area contributed by atoms with Gasteiger partial charge in [0.2, 0.25) is 11.8 Å². The van der Waals surface area contributed by atoms with Crippen molar-refractivity contribution in [3.63, 3.8) is 0 Å². The van der Waals surface area contributed by atoms with Crippen LogP contribution in [0.1, 0.15) is 37.7 Å². The molecule has 26 heavy (non-hydrogen) atoms. The predicted molar refractivity (Wildman–Crippen MR) is 104 cm³/mol. The Morgan fingerprint density at radius 1 is 1.12 bits per heavy atom. The van der Waals surface area contributed by atoms with E-state index < -0.39 is 21.7 Å². The average Bonchev–Trinajstić information content (AvgIpc) is 2.60. The van der Waals surface area contributed by atoms with Crippen molar-refractivity contribution in [2.45, 2.75) is 43.1 Å². The number of benzene rings is 1. The number of hydrogen-bond donors (Lipinski definition) is 3. The summed E-state index contributed by atoms with van der Waals surface area (Å²) in [5.41, 5.74) is 6.30. The SMILES string of the molecule is Cl.NCC(=O)NCC(=O)Nc1cccc(CS(=O)(=O)C2CCCCC2)c1. The molecule has 0 saturated heterocycles. The summed E-state index contributed by atoms with van der Waals surface area (Å²) in [4.78, 5) is 22.8. The van der Waals surface area contributed by atoms with Gasteiger partial charge in [-0.25, -0.2) is 8.42 Å². The Kier molecular flexibility index (Phi) is 9.04. The summed E-state index contributed by atoms with van der Waals surface area (Å²) in [7, 11) is -3.19. The van der Waals surface area contributed by atoms with Crippen LogP contribution < -0.4 is 16.4 Å². The Hall–Kier alpha value is -1.64. The fraction of sp³-hybridized carbons (Fsp3) is 0.529. The number of carbonyl (C=O) groups excluding carboxylic acids is 2. The topological polar surface area (TPSA) is 118 Å².